The average Bonchev–Trinajstić information content (AvgIpc) is 3.03. The van der Waals surface area contributed by atoms with Gasteiger partial charge in [-0.1, -0.05) is 18.2 Å². The molecule has 4 aromatic rings. The van der Waals surface area contributed by atoms with Gasteiger partial charge in [0.1, 0.15) is 17.0 Å². The molecule has 128 valence electrons. The minimum atomic E-state index is -0.325. The summed E-state index contributed by atoms with van der Waals surface area (Å²) in [7, 11) is 1.57. The molecular weight excluding hydrogens is 330 g/mol. The molecule has 3 aromatic heterocycles. The normalized spacial score (nSPS) is 11.8. The Hall–Kier alpha value is -3.81. The Labute approximate surface area is 148 Å². The van der Waals surface area contributed by atoms with Crippen LogP contribution in [0.1, 0.15) is 5.69 Å². The lowest BCUT2D eigenvalue weighted by Crippen LogP contribution is -2.17. The van der Waals surface area contributed by atoms with Gasteiger partial charge in [0.05, 0.1) is 5.69 Å². The number of pyridine rings is 1. The van der Waals surface area contributed by atoms with Crippen molar-refractivity contribution in [3.8, 4) is 17.1 Å². The molecule has 0 aliphatic heterocycles. The van der Waals surface area contributed by atoms with E-state index in [-0.39, 0.29) is 11.5 Å². The number of benzene rings is 1. The molecule has 0 amide bonds. The SMILES string of the molecule is CN=C(N)c1nc(-c2cccnc2)nc2c1[nH]c(=O)n2-c1ccccc1. The lowest BCUT2D eigenvalue weighted by Gasteiger charge is -2.07. The molecule has 3 heterocycles. The van der Waals surface area contributed by atoms with Crippen LogP contribution < -0.4 is 11.4 Å². The van der Waals surface area contributed by atoms with Crippen LogP contribution in [0, 0.1) is 0 Å². The first-order chi connectivity index (χ1) is 12.7. The fourth-order valence-electron chi connectivity index (χ4n) is 2.72. The first kappa shape index (κ1) is 15.7. The van der Waals surface area contributed by atoms with Crippen LogP contribution in [-0.4, -0.2) is 37.4 Å². The van der Waals surface area contributed by atoms with Gasteiger partial charge in [0, 0.05) is 25.0 Å². The Bertz CT molecular complexity index is 1160. The van der Waals surface area contributed by atoms with Crippen molar-refractivity contribution in [1.29, 1.82) is 0 Å². The molecule has 1 aromatic carbocycles. The van der Waals surface area contributed by atoms with E-state index in [1.165, 1.54) is 4.57 Å². The van der Waals surface area contributed by atoms with Crippen molar-refractivity contribution >= 4 is 17.0 Å². The first-order valence-electron chi connectivity index (χ1n) is 7.90. The highest BCUT2D eigenvalue weighted by Crippen LogP contribution is 2.21. The van der Waals surface area contributed by atoms with Gasteiger partial charge in [0.2, 0.25) is 0 Å². The van der Waals surface area contributed by atoms with Crippen molar-refractivity contribution in [2.75, 3.05) is 7.05 Å². The number of hydrogen-bond acceptors (Lipinski definition) is 5. The number of amidine groups is 1. The fraction of sp³-hybridized carbons (Fsp3) is 0.0556. The topological polar surface area (TPSA) is 115 Å². The second-order valence-corrected chi connectivity index (χ2v) is 5.55. The summed E-state index contributed by atoms with van der Waals surface area (Å²) in [5.41, 5.74) is 8.35. The van der Waals surface area contributed by atoms with Gasteiger partial charge in [-0.2, -0.15) is 0 Å². The van der Waals surface area contributed by atoms with Crippen LogP contribution >= 0.6 is 0 Å². The number of nitrogens with two attached hydrogens (primary N) is 1. The van der Waals surface area contributed by atoms with Gasteiger partial charge in [-0.15, -0.1) is 0 Å². The van der Waals surface area contributed by atoms with Crippen LogP contribution in [0.3, 0.4) is 0 Å². The van der Waals surface area contributed by atoms with Gasteiger partial charge in [-0.05, 0) is 24.3 Å². The number of nitrogens with zero attached hydrogens (tertiary/aromatic N) is 5. The Kier molecular flexibility index (Phi) is 3.77. The van der Waals surface area contributed by atoms with E-state index in [2.05, 4.69) is 24.9 Å². The van der Waals surface area contributed by atoms with E-state index in [9.17, 15) is 4.79 Å². The minimum absolute atomic E-state index is 0.212. The molecule has 0 atom stereocenters. The molecular formula is C18H15N7O. The maximum Gasteiger partial charge on any atom is 0.332 e. The van der Waals surface area contributed by atoms with Gasteiger partial charge in [-0.3, -0.25) is 9.98 Å². The summed E-state index contributed by atoms with van der Waals surface area (Å²) in [6, 6.07) is 12.9. The largest absolute Gasteiger partial charge is 0.382 e. The molecule has 8 nitrogen and oxygen atoms in total. The molecule has 0 spiro atoms. The third-order valence-corrected chi connectivity index (χ3v) is 3.95. The molecule has 3 N–H and O–H groups in total. The van der Waals surface area contributed by atoms with Crippen molar-refractivity contribution in [1.82, 2.24) is 24.5 Å². The monoisotopic (exact) mass is 345 g/mol. The molecule has 0 bridgehead atoms. The molecule has 26 heavy (non-hydrogen) atoms. The van der Waals surface area contributed by atoms with Crippen LogP contribution in [0.25, 0.3) is 28.2 Å². The van der Waals surface area contributed by atoms with Crippen molar-refractivity contribution in [3.05, 3.63) is 71.0 Å². The molecule has 0 saturated carbocycles. The van der Waals surface area contributed by atoms with Crippen LogP contribution in [0.15, 0.2) is 64.6 Å². The first-order valence-corrected chi connectivity index (χ1v) is 7.90. The summed E-state index contributed by atoms with van der Waals surface area (Å²) in [5, 5.41) is 0. The van der Waals surface area contributed by atoms with Crippen LogP contribution in [0.4, 0.5) is 0 Å². The summed E-state index contributed by atoms with van der Waals surface area (Å²) in [6.45, 7) is 0. The molecule has 0 aliphatic carbocycles. The van der Waals surface area contributed by atoms with Gasteiger partial charge >= 0.3 is 5.69 Å². The third kappa shape index (κ3) is 2.53. The lowest BCUT2D eigenvalue weighted by molar-refractivity contribution is 0.998. The van der Waals surface area contributed by atoms with Gasteiger partial charge in [-0.25, -0.2) is 19.3 Å². The summed E-state index contributed by atoms with van der Waals surface area (Å²) >= 11 is 0. The summed E-state index contributed by atoms with van der Waals surface area (Å²) in [4.78, 5) is 32.6. The zero-order valence-electron chi connectivity index (χ0n) is 13.9. The fourth-order valence-corrected chi connectivity index (χ4v) is 2.72. The van der Waals surface area contributed by atoms with E-state index in [1.807, 2.05) is 36.4 Å². The average molecular weight is 345 g/mol. The third-order valence-electron chi connectivity index (χ3n) is 3.95. The van der Waals surface area contributed by atoms with Crippen molar-refractivity contribution in [3.63, 3.8) is 0 Å². The van der Waals surface area contributed by atoms with Gasteiger partial charge in [0.25, 0.3) is 0 Å². The standard InChI is InChI=1S/C18H15N7O/c1-20-15(19)13-14-17(24-16(22-13)11-6-5-9-21-10-11)25(18(26)23-14)12-7-3-2-4-8-12/h2-10H,1H3,(H2,19,20)(H,23,26). The van der Waals surface area contributed by atoms with E-state index < -0.39 is 0 Å². The zero-order valence-corrected chi connectivity index (χ0v) is 13.9. The molecule has 0 unspecified atom stereocenters. The van der Waals surface area contributed by atoms with Crippen LogP contribution in [0.2, 0.25) is 0 Å². The highest BCUT2D eigenvalue weighted by molar-refractivity contribution is 6.05. The number of hydrogen-bond donors (Lipinski definition) is 2. The molecule has 0 radical (unpaired) electrons. The molecule has 0 fully saturated rings. The molecule has 8 heteroatoms. The second-order valence-electron chi connectivity index (χ2n) is 5.55. The number of aromatic nitrogens is 5. The molecule has 4 rings (SSSR count). The van der Waals surface area contributed by atoms with E-state index in [0.29, 0.717) is 33.9 Å². The predicted octanol–water partition coefficient (Wildman–Crippen LogP) is 1.51. The lowest BCUT2D eigenvalue weighted by atomic mass is 10.2. The number of rotatable bonds is 3. The van der Waals surface area contributed by atoms with Gasteiger partial charge < -0.3 is 10.7 Å². The number of aliphatic imine (C=N–C) groups is 1. The Morgan fingerprint density at radius 3 is 2.65 bits per heavy atom. The smallest absolute Gasteiger partial charge is 0.332 e. The van der Waals surface area contributed by atoms with Crippen molar-refractivity contribution < 1.29 is 0 Å². The predicted molar refractivity (Wildman–Crippen MR) is 99.4 cm³/mol. The number of imidazole rings is 1. The molecule has 0 aliphatic rings. The van der Waals surface area contributed by atoms with E-state index >= 15 is 0 Å². The van der Waals surface area contributed by atoms with Crippen LogP contribution in [0.5, 0.6) is 0 Å². The quantitative estimate of drug-likeness (QED) is 0.431. The highest BCUT2D eigenvalue weighted by Gasteiger charge is 2.19. The number of H-pyrrole nitrogens is 1. The minimum Gasteiger partial charge on any atom is -0.382 e. The van der Waals surface area contributed by atoms with Crippen molar-refractivity contribution in [2.45, 2.75) is 0 Å². The van der Waals surface area contributed by atoms with Crippen molar-refractivity contribution in [2.24, 2.45) is 10.7 Å². The van der Waals surface area contributed by atoms with E-state index in [0.717, 1.165) is 0 Å². The van der Waals surface area contributed by atoms with E-state index in [1.54, 1.807) is 25.5 Å². The Morgan fingerprint density at radius 1 is 1.15 bits per heavy atom. The van der Waals surface area contributed by atoms with Gasteiger partial charge in [0.15, 0.2) is 11.5 Å². The van der Waals surface area contributed by atoms with Crippen LogP contribution in [-0.2, 0) is 0 Å². The molecule has 0 saturated heterocycles. The summed E-state index contributed by atoms with van der Waals surface area (Å²) < 4.78 is 1.49. The number of para-hydroxylation sites is 1. The summed E-state index contributed by atoms with van der Waals surface area (Å²) in [6.07, 6.45) is 3.32. The second kappa shape index (κ2) is 6.25. The number of fused-ring (bicyclic) bond motifs is 1. The zero-order chi connectivity index (χ0) is 18.1. The Morgan fingerprint density at radius 2 is 1.96 bits per heavy atom. The number of aromatic amines is 1. The van der Waals surface area contributed by atoms with E-state index in [4.69, 9.17) is 5.73 Å². The maximum absolute atomic E-state index is 12.6. The number of nitrogens with one attached hydrogen (secondary N) is 1. The maximum atomic E-state index is 12.6. The Balaban J connectivity index is 2.10. The highest BCUT2D eigenvalue weighted by atomic mass is 16.1. The summed E-state index contributed by atoms with van der Waals surface area (Å²) in [5.74, 6) is 0.625.